The van der Waals surface area contributed by atoms with E-state index in [4.69, 9.17) is 0 Å². The first-order valence-electron chi connectivity index (χ1n) is 7.46. The van der Waals surface area contributed by atoms with E-state index >= 15 is 0 Å². The van der Waals surface area contributed by atoms with Gasteiger partial charge in [0.25, 0.3) is 0 Å². The Balaban J connectivity index is 3.39. The van der Waals surface area contributed by atoms with E-state index < -0.39 is 0 Å². The highest BCUT2D eigenvalue weighted by Crippen LogP contribution is 2.62. The summed E-state index contributed by atoms with van der Waals surface area (Å²) in [6.45, 7) is 24.0. The lowest BCUT2D eigenvalue weighted by atomic mass is 9.43. The van der Waals surface area contributed by atoms with Gasteiger partial charge < -0.3 is 5.32 Å². The van der Waals surface area contributed by atoms with Gasteiger partial charge in [-0.2, -0.15) is 0 Å². The third-order valence-electron chi connectivity index (χ3n) is 5.40. The Bertz CT molecular complexity index is 295. The molecule has 1 heteroatoms. The van der Waals surface area contributed by atoms with E-state index in [9.17, 15) is 0 Å². The van der Waals surface area contributed by atoms with Crippen LogP contribution in [0.3, 0.4) is 0 Å². The highest BCUT2D eigenvalue weighted by atomic mass is 15.1. The fourth-order valence-corrected chi connectivity index (χ4v) is 5.58. The Morgan fingerprint density at radius 3 is 1.39 bits per heavy atom. The van der Waals surface area contributed by atoms with Gasteiger partial charge >= 0.3 is 0 Å². The second-order valence-corrected chi connectivity index (χ2v) is 9.54. The molecule has 1 saturated heterocycles. The van der Waals surface area contributed by atoms with Crippen LogP contribution in [0.1, 0.15) is 82.1 Å². The van der Waals surface area contributed by atoms with Crippen LogP contribution in [0.25, 0.3) is 0 Å². The van der Waals surface area contributed by atoms with Crippen LogP contribution < -0.4 is 5.32 Å². The lowest BCUT2D eigenvalue weighted by Crippen LogP contribution is -2.72. The number of rotatable bonds is 0. The summed E-state index contributed by atoms with van der Waals surface area (Å²) in [5.41, 5.74) is 1.27. The predicted octanol–water partition coefficient (Wildman–Crippen LogP) is 5.01. The molecule has 1 fully saturated rings. The van der Waals surface area contributed by atoms with E-state index in [0.717, 1.165) is 0 Å². The van der Waals surface area contributed by atoms with Crippen LogP contribution in [0, 0.1) is 16.2 Å². The van der Waals surface area contributed by atoms with Crippen molar-refractivity contribution in [3.05, 3.63) is 0 Å². The molecule has 18 heavy (non-hydrogen) atoms. The molecule has 1 N–H and O–H groups in total. The molecule has 1 aliphatic rings. The minimum atomic E-state index is 0.144. The highest BCUT2D eigenvalue weighted by Gasteiger charge is 2.61. The average molecular weight is 253 g/mol. The van der Waals surface area contributed by atoms with Crippen molar-refractivity contribution >= 4 is 0 Å². The van der Waals surface area contributed by atoms with Crippen molar-refractivity contribution in [1.82, 2.24) is 5.32 Å². The van der Waals surface area contributed by atoms with E-state index in [1.54, 1.807) is 0 Å². The molecule has 0 radical (unpaired) electrons. The second-order valence-electron chi connectivity index (χ2n) is 9.54. The van der Waals surface area contributed by atoms with Crippen molar-refractivity contribution < 1.29 is 0 Å². The Kier molecular flexibility index (Phi) is 3.54. The largest absolute Gasteiger partial charge is 0.306 e. The third kappa shape index (κ3) is 2.24. The van der Waals surface area contributed by atoms with Crippen molar-refractivity contribution in [2.75, 3.05) is 0 Å². The van der Waals surface area contributed by atoms with Crippen molar-refractivity contribution in [3.63, 3.8) is 0 Å². The highest BCUT2D eigenvalue weighted by molar-refractivity contribution is 5.15. The molecular formula is C17H35N. The zero-order valence-electron chi connectivity index (χ0n) is 14.4. The molecule has 0 aliphatic carbocycles. The molecule has 0 spiro atoms. The van der Waals surface area contributed by atoms with E-state index in [1.165, 1.54) is 12.8 Å². The van der Waals surface area contributed by atoms with Gasteiger partial charge in [-0.25, -0.2) is 0 Å². The lowest BCUT2D eigenvalue weighted by Gasteiger charge is -2.67. The molecule has 1 nitrogen and oxygen atoms in total. The molecule has 108 valence electrons. The van der Waals surface area contributed by atoms with Gasteiger partial charge in [0, 0.05) is 11.1 Å². The minimum Gasteiger partial charge on any atom is -0.306 e. The van der Waals surface area contributed by atoms with Gasteiger partial charge in [0.2, 0.25) is 0 Å². The minimum absolute atomic E-state index is 0.144. The first-order chi connectivity index (χ1) is 7.66. The Morgan fingerprint density at radius 2 is 1.11 bits per heavy atom. The fourth-order valence-electron chi connectivity index (χ4n) is 5.58. The van der Waals surface area contributed by atoms with Gasteiger partial charge in [-0.1, -0.05) is 41.5 Å². The van der Waals surface area contributed by atoms with E-state index in [-0.39, 0.29) is 21.9 Å². The molecule has 0 saturated carbocycles. The first-order valence-corrected chi connectivity index (χ1v) is 7.46. The summed E-state index contributed by atoms with van der Waals surface area (Å²) >= 11 is 0. The van der Waals surface area contributed by atoms with E-state index in [0.29, 0.717) is 5.41 Å². The van der Waals surface area contributed by atoms with Crippen molar-refractivity contribution in [2.24, 2.45) is 16.2 Å². The molecule has 0 amide bonds. The molecule has 0 unspecified atom stereocenters. The van der Waals surface area contributed by atoms with Crippen LogP contribution >= 0.6 is 0 Å². The van der Waals surface area contributed by atoms with E-state index in [1.807, 2.05) is 0 Å². The van der Waals surface area contributed by atoms with Crippen LogP contribution in [0.4, 0.5) is 0 Å². The Hall–Kier alpha value is -0.0400. The maximum absolute atomic E-state index is 3.94. The number of hydrogen-bond donors (Lipinski definition) is 1. The molecule has 0 atom stereocenters. The number of hydrogen-bond acceptors (Lipinski definition) is 1. The summed E-state index contributed by atoms with van der Waals surface area (Å²) in [5, 5.41) is 3.94. The maximum Gasteiger partial charge on any atom is 0.0196 e. The fraction of sp³-hybridized carbons (Fsp3) is 1.00. The van der Waals surface area contributed by atoms with Crippen molar-refractivity contribution in [1.29, 1.82) is 0 Å². The topological polar surface area (TPSA) is 12.0 Å². The first kappa shape index (κ1) is 16.0. The zero-order chi connectivity index (χ0) is 14.6. The molecular weight excluding hydrogens is 218 g/mol. The van der Waals surface area contributed by atoms with Gasteiger partial charge in [0.05, 0.1) is 0 Å². The van der Waals surface area contributed by atoms with E-state index in [2.05, 4.69) is 74.6 Å². The zero-order valence-corrected chi connectivity index (χ0v) is 14.4. The van der Waals surface area contributed by atoms with Crippen LogP contribution in [-0.2, 0) is 0 Å². The second kappa shape index (κ2) is 3.98. The summed E-state index contributed by atoms with van der Waals surface area (Å²) in [5.74, 6) is 0. The third-order valence-corrected chi connectivity index (χ3v) is 5.40. The maximum atomic E-state index is 3.94. The predicted molar refractivity (Wildman–Crippen MR) is 81.9 cm³/mol. The lowest BCUT2D eigenvalue weighted by molar-refractivity contribution is -0.142. The van der Waals surface area contributed by atoms with Crippen molar-refractivity contribution in [2.45, 2.75) is 93.2 Å². The molecule has 1 heterocycles. The van der Waals surface area contributed by atoms with Gasteiger partial charge in [-0.05, 0) is 56.8 Å². The average Bonchev–Trinajstić information content (AvgIpc) is 1.92. The number of nitrogens with one attached hydrogen (secondary N) is 1. The molecule has 1 aliphatic heterocycles. The summed E-state index contributed by atoms with van der Waals surface area (Å²) < 4.78 is 0. The molecule has 0 aromatic heterocycles. The summed E-state index contributed by atoms with van der Waals surface area (Å²) in [7, 11) is 0. The molecule has 0 aromatic rings. The molecule has 1 rings (SSSR count). The van der Waals surface area contributed by atoms with Crippen molar-refractivity contribution in [3.8, 4) is 0 Å². The standard InChI is InChI=1S/C17H35N/c1-13(2,3)17(14(4,5)6)12-11-15(7,8)18-16(17,9)10/h18H,11-12H2,1-10H3. The molecule has 0 bridgehead atoms. The van der Waals surface area contributed by atoms with Gasteiger partial charge in [0.15, 0.2) is 0 Å². The van der Waals surface area contributed by atoms with Gasteiger partial charge in [-0.3, -0.25) is 0 Å². The van der Waals surface area contributed by atoms with Gasteiger partial charge in [-0.15, -0.1) is 0 Å². The summed E-state index contributed by atoms with van der Waals surface area (Å²) in [6, 6.07) is 0. The Labute approximate surface area is 115 Å². The van der Waals surface area contributed by atoms with Crippen LogP contribution in [0.15, 0.2) is 0 Å². The smallest absolute Gasteiger partial charge is 0.0196 e. The molecule has 0 aromatic carbocycles. The normalized spacial score (nSPS) is 27.0. The Morgan fingerprint density at radius 1 is 0.722 bits per heavy atom. The summed E-state index contributed by atoms with van der Waals surface area (Å²) in [6.07, 6.45) is 2.55. The summed E-state index contributed by atoms with van der Waals surface area (Å²) in [4.78, 5) is 0. The SMILES string of the molecule is CC1(C)CCC(C(C)(C)C)(C(C)(C)C)C(C)(C)N1. The monoisotopic (exact) mass is 253 g/mol. The van der Waals surface area contributed by atoms with Crippen LogP contribution in [0.5, 0.6) is 0 Å². The number of piperidine rings is 1. The van der Waals surface area contributed by atoms with Crippen LogP contribution in [-0.4, -0.2) is 11.1 Å². The van der Waals surface area contributed by atoms with Crippen LogP contribution in [0.2, 0.25) is 0 Å². The van der Waals surface area contributed by atoms with Gasteiger partial charge in [0.1, 0.15) is 0 Å². The quantitative estimate of drug-likeness (QED) is 0.640.